The van der Waals surface area contributed by atoms with Gasteiger partial charge in [0, 0.05) is 36.5 Å². The Bertz CT molecular complexity index is 775. The van der Waals surface area contributed by atoms with Crippen LogP contribution in [-0.2, 0) is 6.54 Å². The molecule has 144 valence electrons. The third kappa shape index (κ3) is 4.72. The normalized spacial score (nSPS) is 19.5. The van der Waals surface area contributed by atoms with E-state index in [1.165, 1.54) is 11.3 Å². The van der Waals surface area contributed by atoms with Gasteiger partial charge in [0.1, 0.15) is 0 Å². The number of carbonyl (C=O) groups is 2. The molecule has 0 bridgehead atoms. The van der Waals surface area contributed by atoms with E-state index in [1.807, 2.05) is 52.4 Å². The standard InChI is InChI=1S/C20H25N3O2S2/c1-22(2)16-12-23(13-18(16)26-3)20(25)15-8-6-14(7-9-15)11-21-19(24)17-5-4-10-27-17/h4-10,16,18H,11-13H2,1-3H3,(H,21,24). The van der Waals surface area contributed by atoms with Crippen LogP contribution in [0.3, 0.4) is 0 Å². The van der Waals surface area contributed by atoms with Gasteiger partial charge in [-0.05, 0) is 49.5 Å². The molecule has 1 fully saturated rings. The highest BCUT2D eigenvalue weighted by atomic mass is 32.2. The van der Waals surface area contributed by atoms with Crippen LogP contribution in [0.25, 0.3) is 0 Å². The maximum atomic E-state index is 12.8. The van der Waals surface area contributed by atoms with Crippen molar-refractivity contribution in [3.05, 3.63) is 57.8 Å². The van der Waals surface area contributed by atoms with Crippen molar-refractivity contribution >= 4 is 34.9 Å². The quantitative estimate of drug-likeness (QED) is 0.806. The minimum absolute atomic E-state index is 0.0694. The first-order chi connectivity index (χ1) is 13.0. The maximum absolute atomic E-state index is 12.8. The van der Waals surface area contributed by atoms with Crippen molar-refractivity contribution in [3.8, 4) is 0 Å². The average molecular weight is 404 g/mol. The molecule has 2 atom stereocenters. The van der Waals surface area contributed by atoms with Crippen LogP contribution in [0.5, 0.6) is 0 Å². The molecule has 1 aliphatic rings. The number of benzene rings is 1. The summed E-state index contributed by atoms with van der Waals surface area (Å²) in [6.07, 6.45) is 2.11. The molecule has 3 rings (SSSR count). The van der Waals surface area contributed by atoms with Crippen LogP contribution in [0.4, 0.5) is 0 Å². The molecule has 1 aromatic heterocycles. The molecule has 7 heteroatoms. The van der Waals surface area contributed by atoms with Gasteiger partial charge in [0.05, 0.1) is 4.88 Å². The lowest BCUT2D eigenvalue weighted by Gasteiger charge is -2.23. The zero-order chi connectivity index (χ0) is 19.4. The number of nitrogens with zero attached hydrogens (tertiary/aromatic N) is 2. The van der Waals surface area contributed by atoms with Gasteiger partial charge in [0.2, 0.25) is 0 Å². The topological polar surface area (TPSA) is 52.7 Å². The van der Waals surface area contributed by atoms with Crippen molar-refractivity contribution in [2.75, 3.05) is 33.4 Å². The second-order valence-electron chi connectivity index (χ2n) is 6.87. The number of thiophene rings is 1. The summed E-state index contributed by atoms with van der Waals surface area (Å²) in [5.74, 6) is 0.00706. The van der Waals surface area contributed by atoms with E-state index >= 15 is 0 Å². The molecular formula is C20H25N3O2S2. The third-order valence-corrected chi connectivity index (χ3v) is 6.83. The van der Waals surface area contributed by atoms with Crippen LogP contribution in [0, 0.1) is 0 Å². The molecule has 2 heterocycles. The lowest BCUT2D eigenvalue weighted by Crippen LogP contribution is -2.37. The third-order valence-electron chi connectivity index (χ3n) is 4.89. The lowest BCUT2D eigenvalue weighted by atomic mass is 10.1. The van der Waals surface area contributed by atoms with Crippen LogP contribution in [0.2, 0.25) is 0 Å². The second kappa shape index (κ2) is 8.91. The number of amides is 2. The zero-order valence-electron chi connectivity index (χ0n) is 15.8. The van der Waals surface area contributed by atoms with Gasteiger partial charge in [-0.2, -0.15) is 11.8 Å². The Hall–Kier alpha value is -1.83. The van der Waals surface area contributed by atoms with Gasteiger partial charge < -0.3 is 15.1 Å². The molecule has 27 heavy (non-hydrogen) atoms. The molecule has 1 saturated heterocycles. The number of nitrogens with one attached hydrogen (secondary N) is 1. The van der Waals surface area contributed by atoms with Crippen LogP contribution in [0.15, 0.2) is 41.8 Å². The first-order valence-corrected chi connectivity index (χ1v) is 11.1. The Balaban J connectivity index is 1.58. The molecule has 5 nitrogen and oxygen atoms in total. The molecule has 0 aliphatic carbocycles. The van der Waals surface area contributed by atoms with Crippen LogP contribution in [0.1, 0.15) is 25.6 Å². The highest BCUT2D eigenvalue weighted by Gasteiger charge is 2.36. The summed E-state index contributed by atoms with van der Waals surface area (Å²) in [4.78, 5) is 29.7. The molecule has 1 N–H and O–H groups in total. The minimum Gasteiger partial charge on any atom is -0.347 e. The zero-order valence-corrected chi connectivity index (χ0v) is 17.5. The van der Waals surface area contributed by atoms with E-state index in [1.54, 1.807) is 6.07 Å². The molecule has 2 unspecified atom stereocenters. The number of rotatable bonds is 6. The molecule has 0 spiro atoms. The van der Waals surface area contributed by atoms with Gasteiger partial charge in [-0.1, -0.05) is 18.2 Å². The predicted molar refractivity (Wildman–Crippen MR) is 113 cm³/mol. The molecule has 1 aliphatic heterocycles. The number of thioether (sulfide) groups is 1. The van der Waals surface area contributed by atoms with Crippen molar-refractivity contribution in [2.24, 2.45) is 0 Å². The van der Waals surface area contributed by atoms with Gasteiger partial charge in [-0.15, -0.1) is 11.3 Å². The fourth-order valence-electron chi connectivity index (χ4n) is 3.28. The molecule has 2 aromatic rings. The minimum atomic E-state index is -0.0694. The maximum Gasteiger partial charge on any atom is 0.261 e. The summed E-state index contributed by atoms with van der Waals surface area (Å²) in [5.41, 5.74) is 1.67. The highest BCUT2D eigenvalue weighted by molar-refractivity contribution is 7.99. The molecule has 1 aromatic carbocycles. The van der Waals surface area contributed by atoms with E-state index in [9.17, 15) is 9.59 Å². The van der Waals surface area contributed by atoms with Gasteiger partial charge in [0.15, 0.2) is 0 Å². The van der Waals surface area contributed by atoms with Crippen LogP contribution < -0.4 is 5.32 Å². The summed E-state index contributed by atoms with van der Waals surface area (Å²) in [7, 11) is 4.14. The van der Waals surface area contributed by atoms with Crippen molar-refractivity contribution in [1.29, 1.82) is 0 Å². The van der Waals surface area contributed by atoms with E-state index in [-0.39, 0.29) is 11.8 Å². The first kappa shape index (κ1) is 19.9. The largest absolute Gasteiger partial charge is 0.347 e. The Morgan fingerprint density at radius 3 is 2.52 bits per heavy atom. The number of likely N-dealkylation sites (tertiary alicyclic amines) is 1. The SMILES string of the molecule is CSC1CN(C(=O)c2ccc(CNC(=O)c3cccs3)cc2)CC1N(C)C. The van der Waals surface area contributed by atoms with Crippen molar-refractivity contribution in [2.45, 2.75) is 17.8 Å². The average Bonchev–Trinajstić information content (AvgIpc) is 3.35. The van der Waals surface area contributed by atoms with Gasteiger partial charge in [-0.3, -0.25) is 9.59 Å². The first-order valence-electron chi connectivity index (χ1n) is 8.88. The fraction of sp³-hybridized carbons (Fsp3) is 0.400. The number of likely N-dealkylation sites (N-methyl/N-ethyl adjacent to an activating group) is 1. The van der Waals surface area contributed by atoms with Crippen molar-refractivity contribution in [1.82, 2.24) is 15.1 Å². The van der Waals surface area contributed by atoms with E-state index < -0.39 is 0 Å². The molecular weight excluding hydrogens is 378 g/mol. The highest BCUT2D eigenvalue weighted by Crippen LogP contribution is 2.25. The Morgan fingerprint density at radius 1 is 1.22 bits per heavy atom. The lowest BCUT2D eigenvalue weighted by molar-refractivity contribution is 0.0782. The monoisotopic (exact) mass is 403 g/mol. The fourth-order valence-corrected chi connectivity index (χ4v) is 4.89. The van der Waals surface area contributed by atoms with Gasteiger partial charge in [-0.25, -0.2) is 0 Å². The summed E-state index contributed by atoms with van der Waals surface area (Å²) in [5, 5.41) is 5.23. The van der Waals surface area contributed by atoms with Crippen LogP contribution in [-0.4, -0.2) is 66.3 Å². The summed E-state index contributed by atoms with van der Waals surface area (Å²) < 4.78 is 0. The Labute approximate surface area is 168 Å². The van der Waals surface area contributed by atoms with Gasteiger partial charge >= 0.3 is 0 Å². The summed E-state index contributed by atoms with van der Waals surface area (Å²) >= 11 is 3.24. The predicted octanol–water partition coefficient (Wildman–Crippen LogP) is 2.80. The summed E-state index contributed by atoms with van der Waals surface area (Å²) in [6, 6.07) is 11.6. The van der Waals surface area contributed by atoms with Crippen molar-refractivity contribution < 1.29 is 9.59 Å². The van der Waals surface area contributed by atoms with E-state index in [0.29, 0.717) is 28.3 Å². The molecule has 0 saturated carbocycles. The molecule has 0 radical (unpaired) electrons. The smallest absolute Gasteiger partial charge is 0.261 e. The molecule has 2 amide bonds. The Morgan fingerprint density at radius 2 is 1.96 bits per heavy atom. The van der Waals surface area contributed by atoms with Gasteiger partial charge in [0.25, 0.3) is 11.8 Å². The number of hydrogen-bond donors (Lipinski definition) is 1. The van der Waals surface area contributed by atoms with E-state index in [4.69, 9.17) is 0 Å². The summed E-state index contributed by atoms with van der Waals surface area (Å²) in [6.45, 7) is 1.99. The van der Waals surface area contributed by atoms with Crippen molar-refractivity contribution in [3.63, 3.8) is 0 Å². The second-order valence-corrected chi connectivity index (χ2v) is 8.90. The van der Waals surface area contributed by atoms with E-state index in [0.717, 1.165) is 18.7 Å². The van der Waals surface area contributed by atoms with E-state index in [2.05, 4.69) is 30.6 Å². The van der Waals surface area contributed by atoms with Crippen LogP contribution >= 0.6 is 23.1 Å². The number of hydrogen-bond acceptors (Lipinski definition) is 5. The Kier molecular flexibility index (Phi) is 6.57. The number of carbonyl (C=O) groups excluding carboxylic acids is 2.